The van der Waals surface area contributed by atoms with Crippen molar-refractivity contribution in [1.29, 1.82) is 0 Å². The molecular formula is C99H137I2N16O31S2+. The van der Waals surface area contributed by atoms with Crippen molar-refractivity contribution >= 4 is 178 Å². The summed E-state index contributed by atoms with van der Waals surface area (Å²) in [6.45, 7) is 7.00. The van der Waals surface area contributed by atoms with Crippen LogP contribution < -0.4 is 58.1 Å². The summed E-state index contributed by atoms with van der Waals surface area (Å²) in [7, 11) is -7.22. The number of nitrogens with zero attached hydrogens (tertiary/aromatic N) is 6. The lowest BCUT2D eigenvalue weighted by molar-refractivity contribution is -0.438. The number of carboxylic acid groups (broad SMARTS) is 7. The van der Waals surface area contributed by atoms with Crippen LogP contribution in [0.25, 0.3) is 0 Å². The first kappa shape index (κ1) is 125. The molecule has 4 aromatic rings. The molecule has 1 saturated heterocycles. The summed E-state index contributed by atoms with van der Waals surface area (Å²) in [6.07, 6.45) is 12.5. The number of unbranched alkanes of at least 4 members (excludes halogenated alkanes) is 8. The van der Waals surface area contributed by atoms with E-state index in [-0.39, 0.29) is 188 Å². The fourth-order valence-electron chi connectivity index (χ4n) is 17.5. The van der Waals surface area contributed by atoms with E-state index >= 15 is 4.79 Å². The number of halogens is 2. The molecular weight excluding hydrogens is 2230 g/mol. The standard InChI is InChI=1S/C99H136I2N16O31S2/c1-98(2)66-56-64(149(143,144)145)32-35-76(66)112(5)80(98)25-10-8-11-26-81-99(3,4)67-57-65(150(146,147)148)33-36-77(67)117(81)43-21-9-14-29-84(122)102-40-18-15-22-70(105-85(123)58-113-44-46-114(59-87(126)127)48-50-116(61-89(130)131)51-49-115(47-45-113)60-88(128)129)90(132)107-74(54-62-30-37-78(118)68(100)52-62)92(134)111-97(142)110-75(55-63-31-38-79(119)69(101)53-63)91(133)106-71(93(135)136)23-16-19-41-103-82(120)27-12-6-7-13-28-83(121)104-42-20-17-24-72(94(137)138)108-96(141)109-73(95(139)140)34-39-86(124)125/h8,10-11,25-26,30-33,35-38,52-53,56-57,70-75H,6-7,9,12-24,27-29,34,39-51,54-55,58-61H2,1-5H3,(H20-,102,103,104,105,106,107,108,109,110,111,118,119,120,121,122,123,124,125,126,127,128,129,130,131,132,133,134,135,136,137,138,139,140,141,142,143,144,145,146,147,148)/p+1/t70-,71+,72+,73+,74-,75-/m1/s1. The summed E-state index contributed by atoms with van der Waals surface area (Å²) >= 11 is 3.66. The minimum absolute atomic E-state index is 0.00102. The molecule has 11 amide bonds. The Bertz CT molecular complexity index is 5830. The molecule has 0 aliphatic carbocycles. The third-order valence-electron chi connectivity index (χ3n) is 25.7. The van der Waals surface area contributed by atoms with E-state index in [1.165, 1.54) is 60.7 Å². The van der Waals surface area contributed by atoms with Crippen LogP contribution in [-0.4, -0.2) is 345 Å². The highest BCUT2D eigenvalue weighted by Gasteiger charge is 2.46. The van der Waals surface area contributed by atoms with Crippen LogP contribution in [0, 0.1) is 7.14 Å². The number of hydrogen-bond donors (Lipinski definition) is 21. The van der Waals surface area contributed by atoms with Gasteiger partial charge in [0.1, 0.15) is 54.3 Å². The van der Waals surface area contributed by atoms with E-state index in [2.05, 4.69) is 57.7 Å². The first-order valence-electron chi connectivity index (χ1n) is 49.2. The molecule has 0 spiro atoms. The first-order chi connectivity index (χ1) is 70.7. The fraction of sp³-hybridized carbons (Fsp3) is 0.525. The molecule has 3 aliphatic rings. The van der Waals surface area contributed by atoms with E-state index in [4.69, 9.17) is 5.11 Å². The maximum Gasteiger partial charge on any atom is 0.326 e. The Morgan fingerprint density at radius 1 is 0.400 bits per heavy atom. The van der Waals surface area contributed by atoms with Crippen molar-refractivity contribution in [1.82, 2.24) is 72.8 Å². The molecule has 150 heavy (non-hydrogen) atoms. The highest BCUT2D eigenvalue weighted by molar-refractivity contribution is 14.1. The number of anilines is 1. The molecule has 6 atom stereocenters. The van der Waals surface area contributed by atoms with Crippen LogP contribution >= 0.6 is 45.2 Å². The monoisotopic (exact) mass is 2360 g/mol. The van der Waals surface area contributed by atoms with Crippen LogP contribution in [0.1, 0.15) is 185 Å². The molecule has 47 nitrogen and oxygen atoms in total. The predicted molar refractivity (Wildman–Crippen MR) is 563 cm³/mol. The molecule has 0 radical (unpaired) electrons. The maximum atomic E-state index is 15.2. The van der Waals surface area contributed by atoms with Crippen molar-refractivity contribution < 1.29 is 153 Å². The normalized spacial score (nSPS) is 16.1. The van der Waals surface area contributed by atoms with Crippen LogP contribution in [0.15, 0.2) is 119 Å². The number of carbonyl (C=O) groups excluding carboxylic acids is 9. The van der Waals surface area contributed by atoms with Crippen LogP contribution in [0.5, 0.6) is 11.5 Å². The summed E-state index contributed by atoms with van der Waals surface area (Å²) in [5, 5.41) is 114. The zero-order valence-corrected chi connectivity index (χ0v) is 90.1. The fourth-order valence-corrected chi connectivity index (χ4v) is 19.7. The molecule has 824 valence electrons. The van der Waals surface area contributed by atoms with Gasteiger partial charge in [0.15, 0.2) is 5.71 Å². The van der Waals surface area contributed by atoms with Gasteiger partial charge in [0.25, 0.3) is 26.1 Å². The number of aromatic hydroxyl groups is 2. The van der Waals surface area contributed by atoms with Crippen molar-refractivity contribution in [3.05, 3.63) is 138 Å². The summed E-state index contributed by atoms with van der Waals surface area (Å²) in [4.78, 5) is 216. The van der Waals surface area contributed by atoms with E-state index in [1.807, 2.05) is 115 Å². The number of benzene rings is 4. The van der Waals surface area contributed by atoms with Gasteiger partial charge in [-0.1, -0.05) is 57.0 Å². The minimum Gasteiger partial charge on any atom is -0.507 e. The number of fused-ring (bicyclic) bond motifs is 2. The van der Waals surface area contributed by atoms with E-state index in [1.54, 1.807) is 31.7 Å². The Morgan fingerprint density at radius 2 is 0.800 bits per heavy atom. The Labute approximate surface area is 896 Å². The zero-order valence-electron chi connectivity index (χ0n) is 84.2. The zero-order chi connectivity index (χ0) is 111. The van der Waals surface area contributed by atoms with Gasteiger partial charge in [-0.3, -0.25) is 86.8 Å². The summed E-state index contributed by atoms with van der Waals surface area (Å²) in [5.74, 6) is -14.3. The summed E-state index contributed by atoms with van der Waals surface area (Å²) in [5.41, 5.74) is 3.66. The average Bonchev–Trinajstić information content (AvgIpc) is 1.58. The molecule has 7 rings (SSSR count). The van der Waals surface area contributed by atoms with Gasteiger partial charge >= 0.3 is 53.8 Å². The van der Waals surface area contributed by atoms with Crippen LogP contribution in [-0.2, 0) is 111 Å². The Morgan fingerprint density at radius 3 is 1.24 bits per heavy atom. The highest BCUT2D eigenvalue weighted by Crippen LogP contribution is 2.48. The highest BCUT2D eigenvalue weighted by atomic mass is 127. The number of rotatable bonds is 60. The molecule has 51 heteroatoms. The van der Waals surface area contributed by atoms with Gasteiger partial charge in [0.2, 0.25) is 41.1 Å². The van der Waals surface area contributed by atoms with Gasteiger partial charge in [-0.2, -0.15) is 21.4 Å². The van der Waals surface area contributed by atoms with Gasteiger partial charge in [0.05, 0.1) is 48.5 Å². The van der Waals surface area contributed by atoms with Crippen LogP contribution in [0.4, 0.5) is 21.0 Å². The lowest BCUT2D eigenvalue weighted by Crippen LogP contribution is -2.59. The Hall–Kier alpha value is -12.4. The number of carbonyl (C=O) groups is 16. The maximum absolute atomic E-state index is 15.2. The largest absolute Gasteiger partial charge is 0.507 e. The molecule has 0 aromatic heterocycles. The number of carboxylic acids is 7. The number of hydrogen-bond acceptors (Lipinski definition) is 27. The van der Waals surface area contributed by atoms with Crippen LogP contribution in [0.2, 0.25) is 0 Å². The molecule has 1 fully saturated rings. The number of amides is 11. The molecule has 0 saturated carbocycles. The molecule has 4 aromatic carbocycles. The Balaban J connectivity index is 0.997. The summed E-state index contributed by atoms with van der Waals surface area (Å²) in [6, 6.07) is 5.47. The second-order valence-electron chi connectivity index (χ2n) is 37.9. The third-order valence-corrected chi connectivity index (χ3v) is 29.1. The van der Waals surface area contributed by atoms with E-state index in [0.717, 1.165) is 17.1 Å². The number of nitrogens with one attached hydrogen (secondary N) is 10. The smallest absolute Gasteiger partial charge is 0.326 e. The lowest BCUT2D eigenvalue weighted by Gasteiger charge is -2.33. The van der Waals surface area contributed by atoms with Crippen molar-refractivity contribution in [2.24, 2.45) is 0 Å². The number of phenolic OH excluding ortho intramolecular Hbond substituents is 2. The van der Waals surface area contributed by atoms with Gasteiger partial charge in [-0.05, 0) is 226 Å². The average molecular weight is 2370 g/mol. The molecule has 3 aliphatic heterocycles. The number of phenols is 2. The topological polar surface area (TPSA) is 703 Å². The van der Waals surface area contributed by atoms with Crippen LogP contribution in [0.3, 0.4) is 0 Å². The second-order valence-corrected chi connectivity index (χ2v) is 43.1. The quantitative estimate of drug-likeness (QED) is 0.00896. The van der Waals surface area contributed by atoms with Crippen molar-refractivity contribution in [3.8, 4) is 11.5 Å². The second kappa shape index (κ2) is 60.6. The van der Waals surface area contributed by atoms with Crippen molar-refractivity contribution in [2.45, 2.75) is 232 Å². The number of allylic oxidation sites excluding steroid dienone is 6. The third kappa shape index (κ3) is 42.1. The van der Waals surface area contributed by atoms with Gasteiger partial charge in [0, 0.05) is 158 Å². The number of aliphatic carboxylic acids is 7. The number of likely N-dealkylation sites (N-methyl/N-ethyl adjacent to an activating group) is 1. The van der Waals surface area contributed by atoms with Gasteiger partial charge < -0.3 is 98.7 Å². The molecule has 3 heterocycles. The predicted octanol–water partition coefficient (Wildman–Crippen LogP) is 5.13. The van der Waals surface area contributed by atoms with E-state index in [0.29, 0.717) is 93.0 Å². The first-order valence-corrected chi connectivity index (χ1v) is 54.2. The van der Waals surface area contributed by atoms with Gasteiger partial charge in [-0.15, -0.1) is 0 Å². The molecule has 21 N–H and O–H groups in total. The molecule has 0 bridgehead atoms. The van der Waals surface area contributed by atoms with E-state index < -0.39 is 190 Å². The van der Waals surface area contributed by atoms with Crippen molar-refractivity contribution in [3.63, 3.8) is 0 Å². The number of urea groups is 2. The number of imide groups is 1. The Kier molecular flexibility index (Phi) is 50.3. The SMILES string of the molecule is CN1\C(=C/C=C/C=C/C2=[N+](CCCCCC(=O)NCCCC[C@@H](NC(=O)CN3CCN(CC(=O)O)CCN(CC(=O)O)CCN(CC(=O)O)CC3)C(=O)N[C@H](Cc3ccc(O)c(I)c3)C(=O)NC(=O)N[C@H](Cc3ccc(O)c(I)c3)C(=O)N[C@@H](CCCCNC(=O)CCCCCCC(=O)NCCCC[C@H](NC(=O)N[C@@H](CCC(=O)O)C(=O)O)C(=O)O)C(=O)O)c3ccc(S(=O)(=O)O)cc3C2(C)C)C(C)(C)c2cc(S(=O)(=O)O)ccc21. The minimum atomic E-state index is -4.60. The summed E-state index contributed by atoms with van der Waals surface area (Å²) < 4.78 is 71.7. The van der Waals surface area contributed by atoms with Crippen molar-refractivity contribution in [2.75, 3.05) is 117 Å². The van der Waals surface area contributed by atoms with Gasteiger partial charge in [-0.25, -0.2) is 24.0 Å². The van der Waals surface area contributed by atoms with E-state index in [9.17, 15) is 139 Å². The lowest BCUT2D eigenvalue weighted by atomic mass is 9.81. The molecule has 0 unspecified atom stereocenters.